The Labute approximate surface area is 200 Å². The van der Waals surface area contributed by atoms with E-state index >= 15 is 0 Å². The summed E-state index contributed by atoms with van der Waals surface area (Å²) in [6.07, 6.45) is 6.13. The minimum absolute atomic E-state index is 0.313. The maximum absolute atomic E-state index is 10.8. The van der Waals surface area contributed by atoms with Gasteiger partial charge >= 0.3 is 5.97 Å². The van der Waals surface area contributed by atoms with Crippen LogP contribution in [0.15, 0.2) is 21.7 Å². The summed E-state index contributed by atoms with van der Waals surface area (Å²) in [6, 6.07) is 3.45. The molecule has 3 heterocycles. The second-order valence-corrected chi connectivity index (χ2v) is 8.59. The number of nitrogens with one attached hydrogen (secondary N) is 1. The number of nitrogens with zero attached hydrogens (tertiary/aromatic N) is 6. The van der Waals surface area contributed by atoms with E-state index < -0.39 is 12.6 Å². The van der Waals surface area contributed by atoms with E-state index in [0.29, 0.717) is 39.4 Å². The molecule has 176 valence electrons. The summed E-state index contributed by atoms with van der Waals surface area (Å²) in [5, 5.41) is 13.1. The van der Waals surface area contributed by atoms with Crippen LogP contribution in [0.1, 0.15) is 31.2 Å². The van der Waals surface area contributed by atoms with E-state index in [0.717, 1.165) is 51.9 Å². The fraction of sp³-hybridized carbons (Fsp3) is 0.476. The Morgan fingerprint density at radius 2 is 1.73 bits per heavy atom. The molecule has 2 aliphatic heterocycles. The number of hydrogen-bond acceptors (Lipinski definition) is 10. The number of anilines is 3. The van der Waals surface area contributed by atoms with Crippen molar-refractivity contribution in [3.8, 4) is 11.5 Å². The average molecular weight is 520 g/mol. The van der Waals surface area contributed by atoms with E-state index in [2.05, 4.69) is 46.2 Å². The van der Waals surface area contributed by atoms with Crippen molar-refractivity contribution in [1.29, 1.82) is 0 Å². The molecule has 0 radical (unpaired) electrons. The van der Waals surface area contributed by atoms with E-state index in [1.54, 1.807) is 18.3 Å². The Balaban J connectivity index is 1.52. The van der Waals surface area contributed by atoms with Crippen molar-refractivity contribution in [2.45, 2.75) is 25.7 Å². The second-order valence-electron chi connectivity index (χ2n) is 7.73. The highest BCUT2D eigenvalue weighted by Gasteiger charge is 2.21. The van der Waals surface area contributed by atoms with Crippen molar-refractivity contribution < 1.29 is 19.4 Å². The van der Waals surface area contributed by atoms with E-state index in [9.17, 15) is 4.79 Å². The average Bonchev–Trinajstić information content (AvgIpc) is 3.52. The molecule has 2 aliphatic rings. The Morgan fingerprint density at radius 3 is 2.27 bits per heavy atom. The van der Waals surface area contributed by atoms with E-state index in [1.165, 1.54) is 7.11 Å². The third-order valence-electron chi connectivity index (χ3n) is 5.36. The van der Waals surface area contributed by atoms with Gasteiger partial charge in [-0.25, -0.2) is 10.2 Å². The molecule has 0 aliphatic carbocycles. The quantitative estimate of drug-likeness (QED) is 0.377. The van der Waals surface area contributed by atoms with Crippen molar-refractivity contribution in [3.05, 3.63) is 22.2 Å². The normalized spacial score (nSPS) is 15.9. The number of carboxylic acids is 1. The first-order valence-electron chi connectivity index (χ1n) is 10.8. The van der Waals surface area contributed by atoms with Gasteiger partial charge in [-0.15, -0.1) is 0 Å². The van der Waals surface area contributed by atoms with Crippen molar-refractivity contribution >= 4 is 46.0 Å². The molecule has 33 heavy (non-hydrogen) atoms. The molecule has 0 atom stereocenters. The molecule has 0 bridgehead atoms. The lowest BCUT2D eigenvalue weighted by molar-refractivity contribution is -0.139. The molecule has 2 saturated heterocycles. The maximum atomic E-state index is 10.8. The Hall–Kier alpha value is -3.15. The standard InChI is InChI=1S/C21H26BrN7O4/c1-32-16-11-14(10-15(22)18(16)33-13-17(30)31)12-23-27-19-24-20(28-6-2-3-7-28)26-21(25-19)29-8-4-5-9-29/h10-12H,2-9,13H2,1H3,(H,30,31)(H,24,25,26,27). The van der Waals surface area contributed by atoms with Gasteiger partial charge in [0.2, 0.25) is 17.8 Å². The number of aliphatic carboxylic acids is 1. The number of methoxy groups -OCH3 is 1. The number of halogens is 1. The van der Waals surface area contributed by atoms with Gasteiger partial charge in [0.15, 0.2) is 18.1 Å². The molecule has 4 rings (SSSR count). The molecule has 2 fully saturated rings. The first kappa shape index (κ1) is 23.0. The molecule has 0 saturated carbocycles. The molecule has 0 amide bonds. The van der Waals surface area contributed by atoms with Crippen molar-refractivity contribution in [2.75, 3.05) is 55.1 Å². The fourth-order valence-electron chi connectivity index (χ4n) is 3.77. The molecular formula is C21H26BrN7O4. The predicted octanol–water partition coefficient (Wildman–Crippen LogP) is 2.75. The smallest absolute Gasteiger partial charge is 0.341 e. The van der Waals surface area contributed by atoms with Gasteiger partial charge in [0.1, 0.15) is 0 Å². The third kappa shape index (κ3) is 5.81. The predicted molar refractivity (Wildman–Crippen MR) is 128 cm³/mol. The Bertz CT molecular complexity index is 990. The van der Waals surface area contributed by atoms with E-state index in [1.807, 2.05) is 0 Å². The van der Waals surface area contributed by atoms with Gasteiger partial charge in [0.05, 0.1) is 17.8 Å². The van der Waals surface area contributed by atoms with Crippen LogP contribution in [0.25, 0.3) is 0 Å². The SMILES string of the molecule is COc1cc(C=NNc2nc(N3CCCC3)nc(N3CCCC3)n2)cc(Br)c1OCC(=O)O. The minimum Gasteiger partial charge on any atom is -0.493 e. The monoisotopic (exact) mass is 519 g/mol. The summed E-state index contributed by atoms with van der Waals surface area (Å²) >= 11 is 3.40. The molecule has 0 spiro atoms. The van der Waals surface area contributed by atoms with Gasteiger partial charge < -0.3 is 24.4 Å². The van der Waals surface area contributed by atoms with Crippen molar-refractivity contribution in [2.24, 2.45) is 5.10 Å². The first-order valence-corrected chi connectivity index (χ1v) is 11.6. The molecular weight excluding hydrogens is 494 g/mol. The highest BCUT2D eigenvalue weighted by Crippen LogP contribution is 2.36. The number of aromatic nitrogens is 3. The number of rotatable bonds is 9. The summed E-state index contributed by atoms with van der Waals surface area (Å²) in [5.41, 5.74) is 3.63. The topological polar surface area (TPSA) is 125 Å². The zero-order valence-electron chi connectivity index (χ0n) is 18.3. The van der Waals surface area contributed by atoms with Crippen LogP contribution in [-0.2, 0) is 4.79 Å². The number of ether oxygens (including phenoxy) is 2. The molecule has 1 aromatic carbocycles. The molecule has 2 N–H and O–H groups in total. The molecule has 12 heteroatoms. The number of carboxylic acid groups (broad SMARTS) is 1. The van der Waals surface area contributed by atoms with Crippen LogP contribution in [-0.4, -0.2) is 72.1 Å². The van der Waals surface area contributed by atoms with Gasteiger partial charge in [-0.05, 0) is 59.3 Å². The van der Waals surface area contributed by atoms with Gasteiger partial charge in [-0.3, -0.25) is 0 Å². The summed E-state index contributed by atoms with van der Waals surface area (Å²) in [4.78, 5) is 29.0. The van der Waals surface area contributed by atoms with Crippen LogP contribution in [0.4, 0.5) is 17.8 Å². The van der Waals surface area contributed by atoms with Gasteiger partial charge in [-0.1, -0.05) is 0 Å². The van der Waals surface area contributed by atoms with Crippen molar-refractivity contribution in [3.63, 3.8) is 0 Å². The second kappa shape index (κ2) is 10.6. The molecule has 1 aromatic heterocycles. The van der Waals surface area contributed by atoms with Crippen LogP contribution in [0.3, 0.4) is 0 Å². The minimum atomic E-state index is -1.07. The summed E-state index contributed by atoms with van der Waals surface area (Å²) in [5.74, 6) is 1.36. The van der Waals surface area contributed by atoms with Gasteiger partial charge in [0, 0.05) is 26.2 Å². The highest BCUT2D eigenvalue weighted by molar-refractivity contribution is 9.10. The van der Waals surface area contributed by atoms with Crippen LogP contribution in [0.2, 0.25) is 0 Å². The van der Waals surface area contributed by atoms with E-state index in [4.69, 9.17) is 19.6 Å². The van der Waals surface area contributed by atoms with Crippen LogP contribution in [0.5, 0.6) is 11.5 Å². The first-order chi connectivity index (χ1) is 16.0. The lowest BCUT2D eigenvalue weighted by atomic mass is 10.2. The van der Waals surface area contributed by atoms with E-state index in [-0.39, 0.29) is 0 Å². The van der Waals surface area contributed by atoms with Crippen LogP contribution >= 0.6 is 15.9 Å². The summed E-state index contributed by atoms with van der Waals surface area (Å²) in [7, 11) is 1.49. The number of carbonyl (C=O) groups is 1. The number of hydrogen-bond donors (Lipinski definition) is 2. The van der Waals surface area contributed by atoms with Crippen LogP contribution < -0.4 is 24.7 Å². The molecule has 2 aromatic rings. The largest absolute Gasteiger partial charge is 0.493 e. The highest BCUT2D eigenvalue weighted by atomic mass is 79.9. The number of hydrazone groups is 1. The lowest BCUT2D eigenvalue weighted by Crippen LogP contribution is -2.25. The van der Waals surface area contributed by atoms with Crippen LogP contribution in [0, 0.1) is 0 Å². The molecule has 0 unspecified atom stereocenters. The zero-order valence-corrected chi connectivity index (χ0v) is 19.9. The zero-order chi connectivity index (χ0) is 23.2. The Kier molecular flexibility index (Phi) is 7.43. The molecule has 11 nitrogen and oxygen atoms in total. The number of benzene rings is 1. The summed E-state index contributed by atoms with van der Waals surface area (Å²) in [6.45, 7) is 3.29. The maximum Gasteiger partial charge on any atom is 0.341 e. The van der Waals surface area contributed by atoms with Gasteiger partial charge in [0.25, 0.3) is 0 Å². The summed E-state index contributed by atoms with van der Waals surface area (Å²) < 4.78 is 11.2. The lowest BCUT2D eigenvalue weighted by Gasteiger charge is -2.20. The fourth-order valence-corrected chi connectivity index (χ4v) is 4.35. The Morgan fingerprint density at radius 1 is 1.12 bits per heavy atom. The van der Waals surface area contributed by atoms with Gasteiger partial charge in [-0.2, -0.15) is 20.1 Å². The van der Waals surface area contributed by atoms with Crippen molar-refractivity contribution in [1.82, 2.24) is 15.0 Å². The third-order valence-corrected chi connectivity index (χ3v) is 5.95.